The Hall–Kier alpha value is -3.12. The fourth-order valence-corrected chi connectivity index (χ4v) is 3.64. The van der Waals surface area contributed by atoms with Crippen molar-refractivity contribution in [1.82, 2.24) is 4.98 Å². The van der Waals surface area contributed by atoms with Crippen molar-refractivity contribution in [2.24, 2.45) is 0 Å². The summed E-state index contributed by atoms with van der Waals surface area (Å²) in [5.41, 5.74) is 3.19. The van der Waals surface area contributed by atoms with Gasteiger partial charge in [0.05, 0.1) is 17.7 Å². The Morgan fingerprint density at radius 1 is 1.00 bits per heavy atom. The van der Waals surface area contributed by atoms with Crippen LogP contribution in [0.4, 0.5) is 5.69 Å². The molecule has 1 heterocycles. The number of hydrogen-bond donors (Lipinski definition) is 1. The molecule has 138 valence electrons. The lowest BCUT2D eigenvalue weighted by atomic mass is 10.1. The summed E-state index contributed by atoms with van der Waals surface area (Å²) in [7, 11) is -2.16. The first kappa shape index (κ1) is 18.7. The van der Waals surface area contributed by atoms with E-state index < -0.39 is 10.0 Å². The van der Waals surface area contributed by atoms with Gasteiger partial charge in [-0.25, -0.2) is 8.42 Å². The molecule has 6 heteroatoms. The van der Waals surface area contributed by atoms with Gasteiger partial charge in [-0.15, -0.1) is 0 Å². The van der Waals surface area contributed by atoms with Crippen LogP contribution in [0, 0.1) is 6.92 Å². The van der Waals surface area contributed by atoms with Crippen molar-refractivity contribution in [2.45, 2.75) is 11.8 Å². The number of methoxy groups -OCH3 is 1. The Kier molecular flexibility index (Phi) is 5.57. The van der Waals surface area contributed by atoms with E-state index in [9.17, 15) is 8.42 Å². The second-order valence-electron chi connectivity index (χ2n) is 5.93. The van der Waals surface area contributed by atoms with Crippen LogP contribution < -0.4 is 9.46 Å². The lowest BCUT2D eigenvalue weighted by Gasteiger charge is -2.11. The molecule has 0 bridgehead atoms. The van der Waals surface area contributed by atoms with Gasteiger partial charge in [0.1, 0.15) is 5.75 Å². The summed E-state index contributed by atoms with van der Waals surface area (Å²) in [6.07, 6.45) is 5.54. The van der Waals surface area contributed by atoms with Gasteiger partial charge >= 0.3 is 0 Å². The molecular weight excluding hydrogens is 360 g/mol. The lowest BCUT2D eigenvalue weighted by Crippen LogP contribution is -2.13. The van der Waals surface area contributed by atoms with Crippen LogP contribution in [0.25, 0.3) is 12.2 Å². The summed E-state index contributed by atoms with van der Waals surface area (Å²) in [6, 6.07) is 17.4. The van der Waals surface area contributed by atoms with Crippen LogP contribution in [-0.2, 0) is 10.0 Å². The van der Waals surface area contributed by atoms with Crippen molar-refractivity contribution in [3.63, 3.8) is 0 Å². The van der Waals surface area contributed by atoms with E-state index in [0.29, 0.717) is 11.4 Å². The largest absolute Gasteiger partial charge is 0.497 e. The number of hydrogen-bond acceptors (Lipinski definition) is 4. The molecule has 0 radical (unpaired) electrons. The highest BCUT2D eigenvalue weighted by molar-refractivity contribution is 7.92. The van der Waals surface area contributed by atoms with E-state index >= 15 is 0 Å². The third-order valence-electron chi connectivity index (χ3n) is 3.95. The molecule has 0 unspecified atom stereocenters. The number of rotatable bonds is 6. The Morgan fingerprint density at radius 3 is 2.44 bits per heavy atom. The molecule has 3 aromatic rings. The Balaban J connectivity index is 1.87. The highest BCUT2D eigenvalue weighted by atomic mass is 32.2. The van der Waals surface area contributed by atoms with Crippen molar-refractivity contribution in [3.8, 4) is 5.75 Å². The van der Waals surface area contributed by atoms with E-state index in [4.69, 9.17) is 4.74 Å². The maximum Gasteiger partial charge on any atom is 0.261 e. The number of anilines is 1. The lowest BCUT2D eigenvalue weighted by molar-refractivity contribution is 0.414. The summed E-state index contributed by atoms with van der Waals surface area (Å²) in [5.74, 6) is 0.602. The van der Waals surface area contributed by atoms with Gasteiger partial charge in [-0.2, -0.15) is 0 Å². The minimum Gasteiger partial charge on any atom is -0.497 e. The molecule has 1 N–H and O–H groups in total. The Bertz CT molecular complexity index is 1060. The minimum absolute atomic E-state index is 0.173. The van der Waals surface area contributed by atoms with Crippen LogP contribution in [0.3, 0.4) is 0 Å². The number of nitrogens with zero attached hydrogens (tertiary/aromatic N) is 1. The van der Waals surface area contributed by atoms with Crippen LogP contribution >= 0.6 is 0 Å². The number of ether oxygens (including phenoxy) is 1. The molecule has 0 saturated carbocycles. The molecule has 0 spiro atoms. The van der Waals surface area contributed by atoms with Gasteiger partial charge in [0.15, 0.2) is 0 Å². The third-order valence-corrected chi connectivity index (χ3v) is 5.33. The van der Waals surface area contributed by atoms with Crippen LogP contribution in [0.1, 0.15) is 16.8 Å². The van der Waals surface area contributed by atoms with Crippen molar-refractivity contribution < 1.29 is 13.2 Å². The molecule has 0 aliphatic rings. The van der Waals surface area contributed by atoms with Crippen molar-refractivity contribution >= 4 is 27.9 Å². The molecule has 3 rings (SSSR count). The van der Waals surface area contributed by atoms with Crippen LogP contribution in [-0.4, -0.2) is 20.5 Å². The fraction of sp³-hybridized carbons (Fsp3) is 0.0952. The first-order valence-electron chi connectivity index (χ1n) is 8.34. The molecule has 0 aliphatic carbocycles. The average Bonchev–Trinajstić information content (AvgIpc) is 2.67. The summed E-state index contributed by atoms with van der Waals surface area (Å²) in [5, 5.41) is 0. The average molecular weight is 380 g/mol. The molecule has 0 atom stereocenters. The second-order valence-corrected chi connectivity index (χ2v) is 7.61. The highest BCUT2D eigenvalue weighted by Gasteiger charge is 2.15. The topological polar surface area (TPSA) is 68.3 Å². The molecule has 1 aromatic heterocycles. The molecule has 0 saturated heterocycles. The van der Waals surface area contributed by atoms with E-state index in [-0.39, 0.29) is 4.90 Å². The predicted octanol–water partition coefficient (Wildman–Crippen LogP) is 4.37. The van der Waals surface area contributed by atoms with Crippen LogP contribution in [0.15, 0.2) is 71.8 Å². The van der Waals surface area contributed by atoms with E-state index in [1.54, 1.807) is 30.5 Å². The predicted molar refractivity (Wildman–Crippen MR) is 108 cm³/mol. The molecule has 0 amide bonds. The van der Waals surface area contributed by atoms with Gasteiger partial charge in [0, 0.05) is 11.9 Å². The highest BCUT2D eigenvalue weighted by Crippen LogP contribution is 2.23. The first-order chi connectivity index (χ1) is 13.0. The smallest absolute Gasteiger partial charge is 0.261 e. The van der Waals surface area contributed by atoms with Crippen molar-refractivity contribution in [1.29, 1.82) is 0 Å². The monoisotopic (exact) mass is 380 g/mol. The molecule has 0 fully saturated rings. The number of para-hydroxylation sites is 1. The van der Waals surface area contributed by atoms with Crippen molar-refractivity contribution in [3.05, 3.63) is 83.7 Å². The van der Waals surface area contributed by atoms with Crippen LogP contribution in [0.2, 0.25) is 0 Å². The summed E-state index contributed by atoms with van der Waals surface area (Å²) < 4.78 is 33.1. The van der Waals surface area contributed by atoms with E-state index in [2.05, 4.69) is 9.71 Å². The quantitative estimate of drug-likeness (QED) is 0.689. The van der Waals surface area contributed by atoms with Gasteiger partial charge in [0.25, 0.3) is 10.0 Å². The number of nitrogens with one attached hydrogen (secondary N) is 1. The SMILES string of the molecule is COc1ccc(S(=O)(=O)Nc2ccccc2C=Cc2ccnc(C)c2)cc1. The minimum atomic E-state index is -3.70. The van der Waals surface area contributed by atoms with Gasteiger partial charge < -0.3 is 4.74 Å². The second kappa shape index (κ2) is 8.05. The van der Waals surface area contributed by atoms with E-state index in [1.807, 2.05) is 43.3 Å². The van der Waals surface area contributed by atoms with Gasteiger partial charge in [-0.05, 0) is 60.5 Å². The van der Waals surface area contributed by atoms with Crippen molar-refractivity contribution in [2.75, 3.05) is 11.8 Å². The van der Waals surface area contributed by atoms with Crippen LogP contribution in [0.5, 0.6) is 5.75 Å². The maximum atomic E-state index is 12.7. The summed E-state index contributed by atoms with van der Waals surface area (Å²) >= 11 is 0. The zero-order chi connectivity index (χ0) is 19.3. The standard InChI is InChI=1S/C21H20N2O3S/c1-16-15-17(13-14-22-16)7-8-18-5-3-4-6-21(18)23-27(24,25)20-11-9-19(26-2)10-12-20/h3-15,23H,1-2H3. The first-order valence-corrected chi connectivity index (χ1v) is 9.83. The number of aryl methyl sites for hydroxylation is 1. The van der Waals surface area contributed by atoms with Gasteiger partial charge in [0.2, 0.25) is 0 Å². The molecule has 27 heavy (non-hydrogen) atoms. The third kappa shape index (κ3) is 4.74. The molecular formula is C21H20N2O3S. The number of benzene rings is 2. The fourth-order valence-electron chi connectivity index (χ4n) is 2.55. The number of aromatic nitrogens is 1. The van der Waals surface area contributed by atoms with E-state index in [0.717, 1.165) is 16.8 Å². The summed E-state index contributed by atoms with van der Waals surface area (Å²) in [6.45, 7) is 1.92. The number of pyridine rings is 1. The normalized spacial score (nSPS) is 11.5. The summed E-state index contributed by atoms with van der Waals surface area (Å²) in [4.78, 5) is 4.35. The molecule has 0 aliphatic heterocycles. The maximum absolute atomic E-state index is 12.7. The molecule has 2 aromatic carbocycles. The zero-order valence-electron chi connectivity index (χ0n) is 15.1. The van der Waals surface area contributed by atoms with Gasteiger partial charge in [-0.1, -0.05) is 30.4 Å². The zero-order valence-corrected chi connectivity index (χ0v) is 15.9. The van der Waals surface area contributed by atoms with Gasteiger partial charge in [-0.3, -0.25) is 9.71 Å². The Morgan fingerprint density at radius 2 is 1.74 bits per heavy atom. The van der Waals surface area contributed by atoms with E-state index in [1.165, 1.54) is 19.2 Å². The number of sulfonamides is 1. The molecule has 5 nitrogen and oxygen atoms in total. The Labute approximate surface area is 159 Å².